The first-order valence-corrected chi connectivity index (χ1v) is 8.14. The van der Waals surface area contributed by atoms with Crippen LogP contribution in [-0.4, -0.2) is 39.0 Å². The van der Waals surface area contributed by atoms with Gasteiger partial charge < -0.3 is 10.4 Å². The van der Waals surface area contributed by atoms with Crippen molar-refractivity contribution >= 4 is 11.9 Å². The molecular formula is C18H20F3N3O3. The molecule has 0 aliphatic carbocycles. The number of rotatable bonds is 5. The highest BCUT2D eigenvalue weighted by Crippen LogP contribution is 2.26. The van der Waals surface area contributed by atoms with Gasteiger partial charge in [-0.25, -0.2) is 9.48 Å². The van der Waals surface area contributed by atoms with E-state index in [1.807, 2.05) is 5.32 Å². The first kappa shape index (κ1) is 20.5. The normalized spacial score (nSPS) is 13.3. The van der Waals surface area contributed by atoms with E-state index in [4.69, 9.17) is 5.11 Å². The number of hydrogen-bond acceptors (Lipinski definition) is 3. The van der Waals surface area contributed by atoms with E-state index in [2.05, 4.69) is 5.10 Å². The van der Waals surface area contributed by atoms with Gasteiger partial charge in [0.05, 0.1) is 23.4 Å². The molecule has 0 bridgehead atoms. The Bertz CT molecular complexity index is 824. The van der Waals surface area contributed by atoms with E-state index in [0.29, 0.717) is 11.4 Å². The first-order chi connectivity index (χ1) is 12.4. The number of carbonyl (C=O) groups is 2. The average molecular weight is 383 g/mol. The summed E-state index contributed by atoms with van der Waals surface area (Å²) in [4.78, 5) is 23.7. The zero-order valence-corrected chi connectivity index (χ0v) is 15.0. The summed E-state index contributed by atoms with van der Waals surface area (Å²) in [5, 5.41) is 15.3. The van der Waals surface area contributed by atoms with Gasteiger partial charge in [-0.15, -0.1) is 0 Å². The molecule has 1 atom stereocenters. The maximum atomic E-state index is 12.6. The van der Waals surface area contributed by atoms with Crippen LogP contribution >= 0.6 is 0 Å². The molecule has 1 amide bonds. The Hall–Kier alpha value is -2.84. The molecule has 2 rings (SSSR count). The average Bonchev–Trinajstić information content (AvgIpc) is 2.99. The summed E-state index contributed by atoms with van der Waals surface area (Å²) in [6.45, 7) is 5.39. The number of carbonyl (C=O) groups excluding carboxylic acids is 1. The van der Waals surface area contributed by atoms with Crippen LogP contribution < -0.4 is 5.32 Å². The van der Waals surface area contributed by atoms with Crippen LogP contribution in [0.1, 0.15) is 43.2 Å². The van der Waals surface area contributed by atoms with Crippen LogP contribution in [0.5, 0.6) is 0 Å². The number of hydrogen-bond donors (Lipinski definition) is 2. The lowest BCUT2D eigenvalue weighted by Crippen LogP contribution is -2.44. The Morgan fingerprint density at radius 3 is 2.26 bits per heavy atom. The Morgan fingerprint density at radius 1 is 1.19 bits per heavy atom. The maximum Gasteiger partial charge on any atom is 0.391 e. The fourth-order valence-electron chi connectivity index (χ4n) is 2.47. The number of halogens is 3. The van der Waals surface area contributed by atoms with E-state index in [1.165, 1.54) is 10.9 Å². The van der Waals surface area contributed by atoms with Crippen LogP contribution in [0.3, 0.4) is 0 Å². The van der Waals surface area contributed by atoms with Crippen molar-refractivity contribution in [1.82, 2.24) is 15.1 Å². The minimum absolute atomic E-state index is 0.0276. The van der Waals surface area contributed by atoms with Crippen molar-refractivity contribution in [2.24, 2.45) is 0 Å². The van der Waals surface area contributed by atoms with Gasteiger partial charge in [0.15, 0.2) is 0 Å². The molecule has 2 aromatic rings. The summed E-state index contributed by atoms with van der Waals surface area (Å²) in [7, 11) is 0. The molecule has 146 valence electrons. The predicted molar refractivity (Wildman–Crippen MR) is 91.8 cm³/mol. The smallest absolute Gasteiger partial charge is 0.391 e. The fraction of sp³-hybridized carbons (Fsp3) is 0.389. The molecule has 0 saturated carbocycles. The molecular weight excluding hydrogens is 363 g/mol. The zero-order valence-electron chi connectivity index (χ0n) is 15.0. The Labute approximate surface area is 154 Å². The molecule has 2 N–H and O–H groups in total. The van der Waals surface area contributed by atoms with Gasteiger partial charge in [0.2, 0.25) is 0 Å². The third-order valence-electron chi connectivity index (χ3n) is 3.73. The van der Waals surface area contributed by atoms with E-state index < -0.39 is 35.9 Å². The third-order valence-corrected chi connectivity index (χ3v) is 3.73. The largest absolute Gasteiger partial charge is 0.480 e. The number of aromatic nitrogens is 2. The molecule has 1 aromatic heterocycles. The molecule has 1 aromatic carbocycles. The fourth-order valence-corrected chi connectivity index (χ4v) is 2.47. The van der Waals surface area contributed by atoms with Crippen molar-refractivity contribution in [1.29, 1.82) is 0 Å². The van der Waals surface area contributed by atoms with Crippen molar-refractivity contribution in [3.05, 3.63) is 47.8 Å². The number of aliphatic carboxylic acids is 1. The number of amides is 1. The molecule has 0 radical (unpaired) electrons. The van der Waals surface area contributed by atoms with Crippen molar-refractivity contribution in [2.75, 3.05) is 0 Å². The number of nitrogens with zero attached hydrogens (tertiary/aromatic N) is 2. The number of carboxylic acid groups (broad SMARTS) is 1. The first-order valence-electron chi connectivity index (χ1n) is 8.14. The van der Waals surface area contributed by atoms with Gasteiger partial charge in [0.25, 0.3) is 5.91 Å². The number of carboxylic acids is 1. The summed E-state index contributed by atoms with van der Waals surface area (Å²) >= 11 is 0. The maximum absolute atomic E-state index is 12.6. The summed E-state index contributed by atoms with van der Waals surface area (Å²) in [6.07, 6.45) is -5.00. The molecule has 0 spiro atoms. The summed E-state index contributed by atoms with van der Waals surface area (Å²) < 4.78 is 39.2. The summed E-state index contributed by atoms with van der Waals surface area (Å²) in [6, 6.07) is 6.79. The SMILES string of the molecule is CC(C)(C)c1nn(-c2ccccc2)cc1C(=O)NC(CC(F)(F)F)C(=O)O. The standard InChI is InChI=1S/C18H20F3N3O3/c1-17(2,3)14-12(10-24(23-14)11-7-5-4-6-8-11)15(25)22-13(16(26)27)9-18(19,20)21/h4-8,10,13H,9H2,1-3H3,(H,22,25)(H,26,27). The number of benzene rings is 1. The zero-order chi connectivity index (χ0) is 20.4. The molecule has 0 aliphatic rings. The van der Waals surface area contributed by atoms with Gasteiger partial charge in [-0.2, -0.15) is 18.3 Å². The molecule has 9 heteroatoms. The highest BCUT2D eigenvalue weighted by molar-refractivity contribution is 5.97. The van der Waals surface area contributed by atoms with Crippen LogP contribution in [0.2, 0.25) is 0 Å². The van der Waals surface area contributed by atoms with Gasteiger partial charge in [0, 0.05) is 11.6 Å². The molecule has 1 unspecified atom stereocenters. The quantitative estimate of drug-likeness (QED) is 0.830. The van der Waals surface area contributed by atoms with Crippen LogP contribution in [-0.2, 0) is 10.2 Å². The minimum atomic E-state index is -4.72. The predicted octanol–water partition coefficient (Wildman–Crippen LogP) is 3.31. The number of para-hydroxylation sites is 1. The monoisotopic (exact) mass is 383 g/mol. The van der Waals surface area contributed by atoms with Crippen LogP contribution in [0, 0.1) is 0 Å². The van der Waals surface area contributed by atoms with Crippen LogP contribution in [0.25, 0.3) is 5.69 Å². The van der Waals surface area contributed by atoms with E-state index in [9.17, 15) is 22.8 Å². The molecule has 0 aliphatic heterocycles. The van der Waals surface area contributed by atoms with E-state index in [0.717, 1.165) is 0 Å². The van der Waals surface area contributed by atoms with Crippen molar-refractivity contribution in [2.45, 2.75) is 44.8 Å². The molecule has 0 saturated heterocycles. The van der Waals surface area contributed by atoms with Gasteiger partial charge in [-0.05, 0) is 12.1 Å². The molecule has 27 heavy (non-hydrogen) atoms. The minimum Gasteiger partial charge on any atom is -0.480 e. The Balaban J connectivity index is 2.39. The van der Waals surface area contributed by atoms with Gasteiger partial charge in [0.1, 0.15) is 6.04 Å². The highest BCUT2D eigenvalue weighted by atomic mass is 19.4. The highest BCUT2D eigenvalue weighted by Gasteiger charge is 2.37. The van der Waals surface area contributed by atoms with Gasteiger partial charge in [-0.1, -0.05) is 39.0 Å². The number of nitrogens with one attached hydrogen (secondary N) is 1. The third kappa shape index (κ3) is 5.32. The second-order valence-electron chi connectivity index (χ2n) is 7.11. The van der Waals surface area contributed by atoms with Crippen molar-refractivity contribution < 1.29 is 27.9 Å². The lowest BCUT2D eigenvalue weighted by atomic mass is 9.89. The van der Waals surface area contributed by atoms with Gasteiger partial charge >= 0.3 is 12.1 Å². The Morgan fingerprint density at radius 2 is 1.78 bits per heavy atom. The Kier molecular flexibility index (Phi) is 5.62. The summed E-state index contributed by atoms with van der Waals surface area (Å²) in [5.74, 6) is -2.67. The van der Waals surface area contributed by atoms with Crippen molar-refractivity contribution in [3.8, 4) is 5.69 Å². The van der Waals surface area contributed by atoms with Gasteiger partial charge in [-0.3, -0.25) is 4.79 Å². The summed E-state index contributed by atoms with van der Waals surface area (Å²) in [5.41, 5.74) is 0.446. The van der Waals surface area contributed by atoms with E-state index in [-0.39, 0.29) is 5.56 Å². The lowest BCUT2D eigenvalue weighted by Gasteiger charge is -2.19. The van der Waals surface area contributed by atoms with E-state index in [1.54, 1.807) is 51.1 Å². The van der Waals surface area contributed by atoms with Crippen molar-refractivity contribution in [3.63, 3.8) is 0 Å². The number of alkyl halides is 3. The van der Waals surface area contributed by atoms with Crippen LogP contribution in [0.4, 0.5) is 13.2 Å². The second kappa shape index (κ2) is 7.42. The van der Waals surface area contributed by atoms with Crippen LogP contribution in [0.15, 0.2) is 36.5 Å². The second-order valence-corrected chi connectivity index (χ2v) is 7.11. The molecule has 1 heterocycles. The molecule has 0 fully saturated rings. The topological polar surface area (TPSA) is 84.2 Å². The molecule has 6 nitrogen and oxygen atoms in total. The lowest BCUT2D eigenvalue weighted by molar-refractivity contribution is -0.157. The van der Waals surface area contributed by atoms with E-state index >= 15 is 0 Å².